The fourth-order valence-corrected chi connectivity index (χ4v) is 1.60. The second kappa shape index (κ2) is 21.0. The van der Waals surface area contributed by atoms with E-state index in [1.165, 1.54) is 18.5 Å². The van der Waals surface area contributed by atoms with Crippen LogP contribution in [0.25, 0.3) is 0 Å². The molecule has 1 aliphatic rings. The van der Waals surface area contributed by atoms with Crippen molar-refractivity contribution in [1.29, 1.82) is 0 Å². The van der Waals surface area contributed by atoms with Crippen molar-refractivity contribution >= 4 is 6.41 Å². The highest BCUT2D eigenvalue weighted by Crippen LogP contribution is 2.18. The van der Waals surface area contributed by atoms with Gasteiger partial charge in [0.15, 0.2) is 0 Å². The van der Waals surface area contributed by atoms with Gasteiger partial charge in [-0.05, 0) is 38.3 Å². The molecule has 1 saturated heterocycles. The van der Waals surface area contributed by atoms with Crippen LogP contribution in [0, 0.1) is 5.92 Å². The maximum atomic E-state index is 8.58. The number of carbonyl (C=O) groups is 1. The molecule has 1 atom stereocenters. The van der Waals surface area contributed by atoms with E-state index in [0.717, 1.165) is 12.5 Å². The summed E-state index contributed by atoms with van der Waals surface area (Å²) in [5.41, 5.74) is 5.65. The summed E-state index contributed by atoms with van der Waals surface area (Å²) in [6.45, 7) is 16.5. The van der Waals surface area contributed by atoms with Crippen LogP contribution < -0.4 is 11.1 Å². The molecule has 0 aromatic carbocycles. The Hall–Kier alpha value is -1.35. The Morgan fingerprint density at radius 2 is 1.83 bits per heavy atom. The predicted octanol–water partition coefficient (Wildman–Crippen LogP) is 3.05. The lowest BCUT2D eigenvalue weighted by molar-refractivity contribution is -0.106. The average molecular weight is 254 g/mol. The van der Waals surface area contributed by atoms with Crippen LogP contribution in [-0.2, 0) is 4.79 Å². The molecule has 1 heterocycles. The molecule has 0 aliphatic carbocycles. The van der Waals surface area contributed by atoms with Crippen LogP contribution in [-0.4, -0.2) is 19.5 Å². The van der Waals surface area contributed by atoms with Crippen molar-refractivity contribution in [1.82, 2.24) is 5.32 Å². The molecule has 106 valence electrons. The molecule has 1 aliphatic heterocycles. The monoisotopic (exact) mass is 254 g/mol. The molecule has 3 heteroatoms. The molecule has 0 spiro atoms. The van der Waals surface area contributed by atoms with E-state index >= 15 is 0 Å². The topological polar surface area (TPSA) is 55.1 Å². The number of nitrogens with one attached hydrogen (secondary N) is 1. The van der Waals surface area contributed by atoms with Crippen molar-refractivity contribution in [2.75, 3.05) is 13.1 Å². The predicted molar refractivity (Wildman–Crippen MR) is 82.4 cm³/mol. The Labute approximate surface area is 113 Å². The molecule has 0 bridgehead atoms. The lowest BCUT2D eigenvalue weighted by Gasteiger charge is -2.08. The molecular formula is C15H30N2O. The SMILES string of the molecule is C/C=C\C(=C/C)C1CCNC1.C=C.CC.NC=O. The van der Waals surface area contributed by atoms with Crippen LogP contribution in [0.1, 0.15) is 34.1 Å². The van der Waals surface area contributed by atoms with Crippen molar-refractivity contribution in [3.8, 4) is 0 Å². The van der Waals surface area contributed by atoms with Crippen molar-refractivity contribution in [3.05, 3.63) is 37.0 Å². The number of primary amides is 1. The Morgan fingerprint density at radius 3 is 2.11 bits per heavy atom. The van der Waals surface area contributed by atoms with Gasteiger partial charge < -0.3 is 11.1 Å². The molecule has 3 N–H and O–H groups in total. The molecule has 0 aromatic heterocycles. The molecule has 0 saturated carbocycles. The van der Waals surface area contributed by atoms with Gasteiger partial charge in [-0.1, -0.05) is 32.1 Å². The van der Waals surface area contributed by atoms with E-state index in [1.807, 2.05) is 13.8 Å². The van der Waals surface area contributed by atoms with Gasteiger partial charge in [0, 0.05) is 6.54 Å². The van der Waals surface area contributed by atoms with Crippen LogP contribution in [0.2, 0.25) is 0 Å². The largest absolute Gasteiger partial charge is 0.372 e. The van der Waals surface area contributed by atoms with Gasteiger partial charge in [-0.15, -0.1) is 13.2 Å². The lowest BCUT2D eigenvalue weighted by atomic mass is 9.98. The van der Waals surface area contributed by atoms with E-state index in [1.54, 1.807) is 0 Å². The minimum atomic E-state index is 0.250. The highest BCUT2D eigenvalue weighted by Gasteiger charge is 2.15. The molecule has 1 rings (SSSR count). The van der Waals surface area contributed by atoms with Crippen LogP contribution in [0.4, 0.5) is 0 Å². The van der Waals surface area contributed by atoms with E-state index in [-0.39, 0.29) is 6.41 Å². The van der Waals surface area contributed by atoms with E-state index in [0.29, 0.717) is 0 Å². The zero-order valence-electron chi connectivity index (χ0n) is 12.4. The summed E-state index contributed by atoms with van der Waals surface area (Å²) in [5, 5.41) is 3.37. The molecule has 0 aromatic rings. The first-order valence-electron chi connectivity index (χ1n) is 6.45. The number of carbonyl (C=O) groups excluding carboxylic acids is 1. The van der Waals surface area contributed by atoms with E-state index in [9.17, 15) is 0 Å². The van der Waals surface area contributed by atoms with Crippen LogP contribution >= 0.6 is 0 Å². The quantitative estimate of drug-likeness (QED) is 0.452. The first kappa shape index (κ1) is 21.9. The summed E-state index contributed by atoms with van der Waals surface area (Å²) in [6.07, 6.45) is 8.10. The number of amides is 1. The minimum absolute atomic E-state index is 0.250. The average Bonchev–Trinajstić information content (AvgIpc) is 2.95. The summed E-state index contributed by atoms with van der Waals surface area (Å²) in [7, 11) is 0. The van der Waals surface area contributed by atoms with Gasteiger partial charge in [0.25, 0.3) is 0 Å². The molecule has 1 fully saturated rings. The number of nitrogens with two attached hydrogens (primary N) is 1. The van der Waals surface area contributed by atoms with Gasteiger partial charge in [-0.2, -0.15) is 0 Å². The second-order valence-electron chi connectivity index (χ2n) is 3.11. The third kappa shape index (κ3) is 12.7. The highest BCUT2D eigenvalue weighted by atomic mass is 16.1. The second-order valence-corrected chi connectivity index (χ2v) is 3.11. The van der Waals surface area contributed by atoms with Crippen LogP contribution in [0.5, 0.6) is 0 Å². The summed E-state index contributed by atoms with van der Waals surface area (Å²) < 4.78 is 0. The molecule has 0 radical (unpaired) electrons. The fraction of sp³-hybridized carbons (Fsp3) is 0.533. The van der Waals surface area contributed by atoms with Gasteiger partial charge >= 0.3 is 0 Å². The van der Waals surface area contributed by atoms with Gasteiger partial charge in [0.1, 0.15) is 0 Å². The molecule has 3 nitrogen and oxygen atoms in total. The maximum absolute atomic E-state index is 8.58. The Balaban J connectivity index is -0.000000274. The zero-order chi connectivity index (χ0) is 14.8. The number of hydrogen-bond donors (Lipinski definition) is 2. The third-order valence-corrected chi connectivity index (χ3v) is 2.22. The van der Waals surface area contributed by atoms with Gasteiger partial charge in [-0.3, -0.25) is 4.79 Å². The normalized spacial score (nSPS) is 17.6. The zero-order valence-corrected chi connectivity index (χ0v) is 12.4. The lowest BCUT2D eigenvalue weighted by Crippen LogP contribution is -2.09. The molecule has 1 amide bonds. The van der Waals surface area contributed by atoms with Crippen molar-refractivity contribution < 1.29 is 4.79 Å². The van der Waals surface area contributed by atoms with Crippen LogP contribution in [0.15, 0.2) is 37.0 Å². The van der Waals surface area contributed by atoms with E-state index in [2.05, 4.69) is 56.3 Å². The van der Waals surface area contributed by atoms with Gasteiger partial charge in [0.2, 0.25) is 6.41 Å². The van der Waals surface area contributed by atoms with Crippen molar-refractivity contribution in [2.24, 2.45) is 11.7 Å². The first-order valence-corrected chi connectivity index (χ1v) is 6.45. The van der Waals surface area contributed by atoms with E-state index in [4.69, 9.17) is 4.79 Å². The number of hydrogen-bond acceptors (Lipinski definition) is 2. The first-order chi connectivity index (χ1) is 8.79. The number of rotatable bonds is 2. The summed E-state index contributed by atoms with van der Waals surface area (Å²) >= 11 is 0. The molecule has 1 unspecified atom stereocenters. The fourth-order valence-electron chi connectivity index (χ4n) is 1.60. The Morgan fingerprint density at radius 1 is 1.33 bits per heavy atom. The van der Waals surface area contributed by atoms with Crippen molar-refractivity contribution in [3.63, 3.8) is 0 Å². The summed E-state index contributed by atoms with van der Waals surface area (Å²) in [4.78, 5) is 8.58. The Kier molecular flexibility index (Phi) is 25.5. The smallest absolute Gasteiger partial charge is 0.204 e. The highest BCUT2D eigenvalue weighted by molar-refractivity contribution is 5.42. The maximum Gasteiger partial charge on any atom is 0.204 e. The Bertz CT molecular complexity index is 217. The third-order valence-electron chi connectivity index (χ3n) is 2.22. The summed E-state index contributed by atoms with van der Waals surface area (Å²) in [5.74, 6) is 0.760. The minimum Gasteiger partial charge on any atom is -0.372 e. The van der Waals surface area contributed by atoms with E-state index < -0.39 is 0 Å². The molecular weight excluding hydrogens is 224 g/mol. The van der Waals surface area contributed by atoms with Gasteiger partial charge in [0.05, 0.1) is 0 Å². The molecule has 18 heavy (non-hydrogen) atoms. The standard InChI is InChI=1S/C10H17N.C2H6.C2H4.CH3NO/c1-3-5-9(4-2)10-6-7-11-8-10;2*1-2;2-1-3/h3-5,10-11H,6-8H2,1-2H3;1-2H3;1-2H2;1H,(H2,2,3)/b5-3-,9-4+;;;. The number of allylic oxidation sites excluding steroid dienone is 3. The van der Waals surface area contributed by atoms with Crippen molar-refractivity contribution in [2.45, 2.75) is 34.1 Å². The summed E-state index contributed by atoms with van der Waals surface area (Å²) in [6, 6.07) is 0. The van der Waals surface area contributed by atoms with Crippen LogP contribution in [0.3, 0.4) is 0 Å². The van der Waals surface area contributed by atoms with Gasteiger partial charge in [-0.25, -0.2) is 0 Å².